The molecule has 2 aliphatic heterocycles. The lowest BCUT2D eigenvalue weighted by molar-refractivity contribution is -0.0500. The summed E-state index contributed by atoms with van der Waals surface area (Å²) in [4.78, 5) is 17.6. The van der Waals surface area contributed by atoms with Gasteiger partial charge in [0.2, 0.25) is 0 Å². The maximum atomic E-state index is 12.1. The summed E-state index contributed by atoms with van der Waals surface area (Å²) in [6, 6.07) is 3.37. The van der Waals surface area contributed by atoms with E-state index in [1.165, 1.54) is 12.1 Å². The van der Waals surface area contributed by atoms with Gasteiger partial charge in [-0.15, -0.1) is 0 Å². The first-order chi connectivity index (χ1) is 10.1. The number of carbonyl (C=O) groups excluding carboxylic acids is 1. The summed E-state index contributed by atoms with van der Waals surface area (Å²) in [5.41, 5.74) is 0.224. The topological polar surface area (TPSA) is 63.7 Å². The number of rotatable bonds is 5. The largest absolute Gasteiger partial charge is 0.433 e. The van der Waals surface area contributed by atoms with Crippen molar-refractivity contribution in [2.75, 3.05) is 26.3 Å². The van der Waals surface area contributed by atoms with Crippen LogP contribution in [0.5, 0.6) is 5.75 Å². The number of likely N-dealkylation sites (tertiary alicyclic amines) is 1. The molecule has 1 amide bonds. The summed E-state index contributed by atoms with van der Waals surface area (Å²) in [7, 11) is 0. The number of aromatic nitrogens is 1. The summed E-state index contributed by atoms with van der Waals surface area (Å²) in [5.74, 6) is -0.267. The molecule has 0 saturated carbocycles. The van der Waals surface area contributed by atoms with Gasteiger partial charge in [0.05, 0.1) is 25.5 Å². The average molecular weight is 299 g/mol. The Bertz CT molecular complexity index is 502. The molecule has 0 bridgehead atoms. The Hall–Kier alpha value is -1.80. The van der Waals surface area contributed by atoms with E-state index in [4.69, 9.17) is 4.74 Å². The maximum absolute atomic E-state index is 12.1. The van der Waals surface area contributed by atoms with E-state index < -0.39 is 6.61 Å². The van der Waals surface area contributed by atoms with Crippen LogP contribution in [-0.2, 0) is 4.74 Å². The van der Waals surface area contributed by atoms with Crippen LogP contribution >= 0.6 is 0 Å². The zero-order chi connectivity index (χ0) is 14.8. The van der Waals surface area contributed by atoms with Crippen molar-refractivity contribution in [3.63, 3.8) is 0 Å². The number of alkyl halides is 2. The molecule has 6 nitrogen and oxygen atoms in total. The number of carbonyl (C=O) groups is 1. The lowest BCUT2D eigenvalue weighted by Crippen LogP contribution is -2.64. The van der Waals surface area contributed by atoms with Gasteiger partial charge in [-0.05, 0) is 12.1 Å². The number of halogens is 2. The summed E-state index contributed by atoms with van der Waals surface area (Å²) >= 11 is 0. The number of nitrogens with zero attached hydrogens (tertiary/aromatic N) is 2. The van der Waals surface area contributed by atoms with Gasteiger partial charge in [-0.2, -0.15) is 8.78 Å². The van der Waals surface area contributed by atoms with Gasteiger partial charge in [0.15, 0.2) is 0 Å². The molecule has 0 aliphatic carbocycles. The van der Waals surface area contributed by atoms with E-state index in [1.54, 1.807) is 4.90 Å². The standard InChI is InChI=1S/C13H15F2N3O3/c14-13(15)21-10-1-2-11(16-3-10)12(19)18-4-8(5-18)17-9-6-20-7-9/h1-3,8-9,13,17H,4-7H2. The Labute approximate surface area is 120 Å². The summed E-state index contributed by atoms with van der Waals surface area (Å²) in [6.45, 7) is -0.223. The minimum absolute atomic E-state index is 0.0605. The van der Waals surface area contributed by atoms with Crippen molar-refractivity contribution in [2.45, 2.75) is 18.7 Å². The summed E-state index contributed by atoms with van der Waals surface area (Å²) in [6.07, 6.45) is 1.13. The number of pyridine rings is 1. The monoisotopic (exact) mass is 299 g/mol. The van der Waals surface area contributed by atoms with Crippen molar-refractivity contribution >= 4 is 5.91 Å². The number of nitrogens with one attached hydrogen (secondary N) is 1. The van der Waals surface area contributed by atoms with Crippen LogP contribution in [0.2, 0.25) is 0 Å². The maximum Gasteiger partial charge on any atom is 0.387 e. The molecule has 21 heavy (non-hydrogen) atoms. The quantitative estimate of drug-likeness (QED) is 0.857. The molecular weight excluding hydrogens is 284 g/mol. The highest BCUT2D eigenvalue weighted by molar-refractivity contribution is 5.93. The summed E-state index contributed by atoms with van der Waals surface area (Å²) < 4.78 is 33.3. The molecule has 0 unspecified atom stereocenters. The van der Waals surface area contributed by atoms with Gasteiger partial charge >= 0.3 is 6.61 Å². The zero-order valence-electron chi connectivity index (χ0n) is 11.2. The van der Waals surface area contributed by atoms with Crippen molar-refractivity contribution in [1.82, 2.24) is 15.2 Å². The lowest BCUT2D eigenvalue weighted by atomic mass is 10.1. The zero-order valence-corrected chi connectivity index (χ0v) is 11.2. The molecule has 1 aromatic rings. The third-order valence-corrected chi connectivity index (χ3v) is 3.46. The SMILES string of the molecule is O=C(c1ccc(OC(F)F)cn1)N1CC(NC2COC2)C1. The molecule has 3 rings (SSSR count). The van der Waals surface area contributed by atoms with Crippen LogP contribution in [-0.4, -0.2) is 60.8 Å². The van der Waals surface area contributed by atoms with Gasteiger partial charge in [0.1, 0.15) is 11.4 Å². The van der Waals surface area contributed by atoms with Crippen molar-refractivity contribution in [3.05, 3.63) is 24.0 Å². The fourth-order valence-corrected chi connectivity index (χ4v) is 2.26. The molecule has 2 fully saturated rings. The smallest absolute Gasteiger partial charge is 0.387 e. The first kappa shape index (κ1) is 14.2. The molecule has 3 heterocycles. The molecule has 0 atom stereocenters. The molecule has 1 aromatic heterocycles. The second-order valence-corrected chi connectivity index (χ2v) is 5.07. The van der Waals surface area contributed by atoms with E-state index in [-0.39, 0.29) is 23.4 Å². The molecule has 114 valence electrons. The first-order valence-electron chi connectivity index (χ1n) is 6.66. The predicted molar refractivity (Wildman–Crippen MR) is 68.3 cm³/mol. The summed E-state index contributed by atoms with van der Waals surface area (Å²) in [5, 5.41) is 3.38. The van der Waals surface area contributed by atoms with Gasteiger partial charge < -0.3 is 19.7 Å². The van der Waals surface area contributed by atoms with Crippen LogP contribution in [0.1, 0.15) is 10.5 Å². The van der Waals surface area contributed by atoms with Gasteiger partial charge in [0.25, 0.3) is 5.91 Å². The van der Waals surface area contributed by atoms with Crippen LogP contribution < -0.4 is 10.1 Å². The molecule has 2 aliphatic rings. The van der Waals surface area contributed by atoms with Gasteiger partial charge in [-0.25, -0.2) is 4.98 Å². The fourth-order valence-electron chi connectivity index (χ4n) is 2.26. The van der Waals surface area contributed by atoms with Crippen molar-refractivity contribution in [2.24, 2.45) is 0 Å². The van der Waals surface area contributed by atoms with Gasteiger partial charge in [-0.3, -0.25) is 4.79 Å². The Morgan fingerprint density at radius 3 is 2.67 bits per heavy atom. The van der Waals surface area contributed by atoms with E-state index in [1.807, 2.05) is 0 Å². The minimum atomic E-state index is -2.90. The second-order valence-electron chi connectivity index (χ2n) is 5.07. The molecule has 0 radical (unpaired) electrons. The highest BCUT2D eigenvalue weighted by Crippen LogP contribution is 2.17. The van der Waals surface area contributed by atoms with Crippen molar-refractivity contribution in [3.8, 4) is 5.75 Å². The predicted octanol–water partition coefficient (Wildman–Crippen LogP) is 0.496. The van der Waals surface area contributed by atoms with E-state index in [2.05, 4.69) is 15.0 Å². The molecule has 0 aromatic carbocycles. The molecule has 8 heteroatoms. The van der Waals surface area contributed by atoms with Crippen LogP contribution in [0.4, 0.5) is 8.78 Å². The van der Waals surface area contributed by atoms with E-state index in [0.717, 1.165) is 19.4 Å². The molecule has 1 N–H and O–H groups in total. The Morgan fingerprint density at radius 2 is 2.14 bits per heavy atom. The molecular formula is C13H15F2N3O3. The average Bonchev–Trinajstić information content (AvgIpc) is 2.34. The second kappa shape index (κ2) is 5.90. The Morgan fingerprint density at radius 1 is 1.38 bits per heavy atom. The van der Waals surface area contributed by atoms with Crippen LogP contribution in [0, 0.1) is 0 Å². The number of ether oxygens (including phenoxy) is 2. The van der Waals surface area contributed by atoms with Crippen LogP contribution in [0.3, 0.4) is 0 Å². The van der Waals surface area contributed by atoms with Crippen molar-refractivity contribution in [1.29, 1.82) is 0 Å². The molecule has 0 spiro atoms. The van der Waals surface area contributed by atoms with Crippen LogP contribution in [0.25, 0.3) is 0 Å². The number of hydrogen-bond donors (Lipinski definition) is 1. The number of amides is 1. The van der Waals surface area contributed by atoms with Gasteiger partial charge in [-0.1, -0.05) is 0 Å². The Balaban J connectivity index is 1.49. The third-order valence-electron chi connectivity index (χ3n) is 3.46. The van der Waals surface area contributed by atoms with E-state index in [0.29, 0.717) is 19.1 Å². The van der Waals surface area contributed by atoms with E-state index >= 15 is 0 Å². The van der Waals surface area contributed by atoms with Crippen LogP contribution in [0.15, 0.2) is 18.3 Å². The first-order valence-corrected chi connectivity index (χ1v) is 6.66. The van der Waals surface area contributed by atoms with Crippen molar-refractivity contribution < 1.29 is 23.0 Å². The highest BCUT2D eigenvalue weighted by atomic mass is 19.3. The van der Waals surface area contributed by atoms with Gasteiger partial charge in [0, 0.05) is 19.1 Å². The van der Waals surface area contributed by atoms with E-state index in [9.17, 15) is 13.6 Å². The number of hydrogen-bond acceptors (Lipinski definition) is 5. The third kappa shape index (κ3) is 3.27. The fraction of sp³-hybridized carbons (Fsp3) is 0.538. The minimum Gasteiger partial charge on any atom is -0.433 e. The normalized spacial score (nSPS) is 19.3. The Kier molecular flexibility index (Phi) is 3.98. The highest BCUT2D eigenvalue weighted by Gasteiger charge is 2.34. The lowest BCUT2D eigenvalue weighted by Gasteiger charge is -2.43. The molecule has 2 saturated heterocycles.